The van der Waals surface area contributed by atoms with Crippen LogP contribution >= 0.6 is 0 Å². The molecule has 8 heavy (non-hydrogen) atoms. The highest BCUT2D eigenvalue weighted by atomic mass is 16.1. The smallest absolute Gasteiger partial charge is 0.160 e. The molecule has 0 unspecified atom stereocenters. The maximum atomic E-state index is 9.84. The van der Waals surface area contributed by atoms with Gasteiger partial charge in [-0.1, -0.05) is 13.0 Å². The fourth-order valence-corrected chi connectivity index (χ4v) is 0.340. The molecule has 42 valence electrons. The van der Waals surface area contributed by atoms with E-state index in [9.17, 15) is 4.79 Å². The van der Waals surface area contributed by atoms with Gasteiger partial charge in [0.2, 0.25) is 0 Å². The van der Waals surface area contributed by atoms with Crippen LogP contribution in [0.15, 0.2) is 11.6 Å². The Morgan fingerprint density at radius 3 is 2.62 bits per heavy atom. The monoisotopic (exact) mass is 109 g/mol. The van der Waals surface area contributed by atoms with E-state index in [0.29, 0.717) is 6.29 Å². The molecular formula is C6H7NO. The molecule has 0 aliphatic heterocycles. The summed E-state index contributed by atoms with van der Waals surface area (Å²) < 4.78 is 0. The van der Waals surface area contributed by atoms with Gasteiger partial charge in [-0.3, -0.25) is 4.79 Å². The van der Waals surface area contributed by atoms with Gasteiger partial charge < -0.3 is 0 Å². The molecule has 0 saturated carbocycles. The van der Waals surface area contributed by atoms with E-state index < -0.39 is 0 Å². The Morgan fingerprint density at radius 1 is 1.88 bits per heavy atom. The maximum absolute atomic E-state index is 9.84. The third-order valence-corrected chi connectivity index (χ3v) is 0.680. The van der Waals surface area contributed by atoms with Crippen molar-refractivity contribution in [3.8, 4) is 6.07 Å². The first kappa shape index (κ1) is 6.90. The van der Waals surface area contributed by atoms with Gasteiger partial charge in [-0.15, -0.1) is 0 Å². The van der Waals surface area contributed by atoms with E-state index in [1.165, 1.54) is 0 Å². The van der Waals surface area contributed by atoms with Crippen LogP contribution in [0.2, 0.25) is 0 Å². The van der Waals surface area contributed by atoms with Crippen molar-refractivity contribution in [1.29, 1.82) is 5.26 Å². The van der Waals surface area contributed by atoms with E-state index in [1.54, 1.807) is 12.1 Å². The summed E-state index contributed by atoms with van der Waals surface area (Å²) in [6, 6.07) is 1.75. The average Bonchev–Trinajstić information content (AvgIpc) is 1.83. The zero-order valence-electron chi connectivity index (χ0n) is 4.72. The average molecular weight is 109 g/mol. The van der Waals surface area contributed by atoms with Crippen LogP contribution in [0.25, 0.3) is 0 Å². The number of carbonyl (C=O) groups excluding carboxylic acids is 1. The molecule has 0 aromatic rings. The van der Waals surface area contributed by atoms with Gasteiger partial charge in [0.1, 0.15) is 6.07 Å². The Morgan fingerprint density at radius 2 is 2.50 bits per heavy atom. The molecule has 2 heteroatoms. The zero-order chi connectivity index (χ0) is 6.41. The van der Waals surface area contributed by atoms with Gasteiger partial charge in [-0.25, -0.2) is 0 Å². The van der Waals surface area contributed by atoms with Gasteiger partial charge in [0.25, 0.3) is 0 Å². The van der Waals surface area contributed by atoms with Crippen LogP contribution in [0.1, 0.15) is 13.3 Å². The SMILES string of the molecule is CC/C=C(/C#N)C=O. The molecule has 0 N–H and O–H groups in total. The van der Waals surface area contributed by atoms with Crippen molar-refractivity contribution < 1.29 is 4.79 Å². The summed E-state index contributed by atoms with van der Waals surface area (Å²) >= 11 is 0. The standard InChI is InChI=1S/C6H7NO/c1-2-3-6(4-7)5-8/h3,5H,2H2,1H3/b6-3-. The van der Waals surface area contributed by atoms with Crippen LogP contribution in [0.4, 0.5) is 0 Å². The molecule has 0 saturated heterocycles. The van der Waals surface area contributed by atoms with Crippen LogP contribution in [0.5, 0.6) is 0 Å². The molecule has 0 aliphatic rings. The minimum atomic E-state index is 0.215. The molecule has 0 atom stereocenters. The fraction of sp³-hybridized carbons (Fsp3) is 0.333. The Kier molecular flexibility index (Phi) is 3.51. The summed E-state index contributed by atoms with van der Waals surface area (Å²) in [5.74, 6) is 0. The number of hydrogen-bond donors (Lipinski definition) is 0. The third kappa shape index (κ3) is 2.14. The second kappa shape index (κ2) is 4.07. The minimum Gasteiger partial charge on any atom is -0.297 e. The van der Waals surface area contributed by atoms with Gasteiger partial charge in [0, 0.05) is 0 Å². The molecule has 0 spiro atoms. The first-order chi connectivity index (χ1) is 3.85. The highest BCUT2D eigenvalue weighted by Gasteiger charge is 1.84. The lowest BCUT2D eigenvalue weighted by Gasteiger charge is -1.76. The number of hydrogen-bond acceptors (Lipinski definition) is 2. The molecule has 0 aromatic carbocycles. The Labute approximate surface area is 48.4 Å². The Balaban J connectivity index is 3.92. The fourth-order valence-electron chi connectivity index (χ4n) is 0.340. The third-order valence-electron chi connectivity index (χ3n) is 0.680. The summed E-state index contributed by atoms with van der Waals surface area (Å²) in [5, 5.41) is 8.11. The van der Waals surface area contributed by atoms with Crippen molar-refractivity contribution in [3.05, 3.63) is 11.6 Å². The van der Waals surface area contributed by atoms with Crippen molar-refractivity contribution in [3.63, 3.8) is 0 Å². The summed E-state index contributed by atoms with van der Waals surface area (Å²) in [7, 11) is 0. The normalized spacial score (nSPS) is 10.2. The van der Waals surface area contributed by atoms with Crippen molar-refractivity contribution in [2.75, 3.05) is 0 Å². The Bertz CT molecular complexity index is 141. The van der Waals surface area contributed by atoms with E-state index in [2.05, 4.69) is 0 Å². The molecule has 0 aromatic heterocycles. The number of nitrogens with zero attached hydrogens (tertiary/aromatic N) is 1. The topological polar surface area (TPSA) is 40.9 Å². The van der Waals surface area contributed by atoms with Crippen molar-refractivity contribution >= 4 is 6.29 Å². The van der Waals surface area contributed by atoms with E-state index in [-0.39, 0.29) is 5.57 Å². The predicted octanol–water partition coefficient (Wildman–Crippen LogP) is 1.05. The van der Waals surface area contributed by atoms with E-state index in [1.807, 2.05) is 6.92 Å². The summed E-state index contributed by atoms with van der Waals surface area (Å²) in [6.45, 7) is 1.88. The number of carbonyl (C=O) groups is 1. The molecule has 0 heterocycles. The number of nitriles is 1. The second-order valence-corrected chi connectivity index (χ2v) is 1.30. The quantitative estimate of drug-likeness (QED) is 0.302. The van der Waals surface area contributed by atoms with Gasteiger partial charge in [-0.05, 0) is 6.42 Å². The molecule has 0 amide bonds. The van der Waals surface area contributed by atoms with Crippen molar-refractivity contribution in [2.24, 2.45) is 0 Å². The van der Waals surface area contributed by atoms with Crippen LogP contribution < -0.4 is 0 Å². The number of rotatable bonds is 2. The van der Waals surface area contributed by atoms with E-state index in [4.69, 9.17) is 5.26 Å². The van der Waals surface area contributed by atoms with Crippen LogP contribution in [-0.2, 0) is 4.79 Å². The highest BCUT2D eigenvalue weighted by Crippen LogP contribution is 1.87. The highest BCUT2D eigenvalue weighted by molar-refractivity contribution is 5.78. The first-order valence-corrected chi connectivity index (χ1v) is 2.40. The lowest BCUT2D eigenvalue weighted by Crippen LogP contribution is -1.76. The molecule has 0 aliphatic carbocycles. The van der Waals surface area contributed by atoms with Crippen molar-refractivity contribution in [2.45, 2.75) is 13.3 Å². The number of aldehydes is 1. The molecular weight excluding hydrogens is 102 g/mol. The minimum absolute atomic E-state index is 0.215. The van der Waals surface area contributed by atoms with Crippen LogP contribution in [0, 0.1) is 11.3 Å². The maximum Gasteiger partial charge on any atom is 0.160 e. The summed E-state index contributed by atoms with van der Waals surface area (Å²) in [4.78, 5) is 9.84. The van der Waals surface area contributed by atoms with Crippen molar-refractivity contribution in [1.82, 2.24) is 0 Å². The predicted molar refractivity (Wildman–Crippen MR) is 30.1 cm³/mol. The molecule has 0 radical (unpaired) electrons. The summed E-state index contributed by atoms with van der Waals surface area (Å²) in [6.07, 6.45) is 2.89. The lowest BCUT2D eigenvalue weighted by molar-refractivity contribution is -0.104. The van der Waals surface area contributed by atoms with Gasteiger partial charge in [0.05, 0.1) is 5.57 Å². The number of allylic oxidation sites excluding steroid dienone is 2. The van der Waals surface area contributed by atoms with Gasteiger partial charge in [-0.2, -0.15) is 5.26 Å². The van der Waals surface area contributed by atoms with Gasteiger partial charge >= 0.3 is 0 Å². The first-order valence-electron chi connectivity index (χ1n) is 2.40. The molecule has 0 bridgehead atoms. The summed E-state index contributed by atoms with van der Waals surface area (Å²) in [5.41, 5.74) is 0.215. The zero-order valence-corrected chi connectivity index (χ0v) is 4.72. The Hall–Kier alpha value is -1.10. The van der Waals surface area contributed by atoms with Crippen LogP contribution in [-0.4, -0.2) is 6.29 Å². The molecule has 2 nitrogen and oxygen atoms in total. The van der Waals surface area contributed by atoms with E-state index >= 15 is 0 Å². The molecule has 0 rings (SSSR count). The lowest BCUT2D eigenvalue weighted by atomic mass is 10.3. The molecule has 0 fully saturated rings. The van der Waals surface area contributed by atoms with Crippen LogP contribution in [0.3, 0.4) is 0 Å². The largest absolute Gasteiger partial charge is 0.297 e. The van der Waals surface area contributed by atoms with Gasteiger partial charge in [0.15, 0.2) is 6.29 Å². The second-order valence-electron chi connectivity index (χ2n) is 1.30. The van der Waals surface area contributed by atoms with E-state index in [0.717, 1.165) is 6.42 Å².